The van der Waals surface area contributed by atoms with Gasteiger partial charge in [0.05, 0.1) is 4.90 Å². The lowest BCUT2D eigenvalue weighted by molar-refractivity contribution is -0.124. The minimum Gasteiger partial charge on any atom is -0.385 e. The molecule has 172 valence electrons. The van der Waals surface area contributed by atoms with Crippen LogP contribution in [0.15, 0.2) is 53.4 Å². The normalized spacial score (nSPS) is 16.1. The topological polar surface area (TPSA) is 105 Å². The van der Waals surface area contributed by atoms with Gasteiger partial charge in [-0.05, 0) is 67.8 Å². The molecule has 1 heterocycles. The number of anilines is 1. The molecular formula is C22H26FN3O5S. The van der Waals surface area contributed by atoms with Gasteiger partial charge < -0.3 is 15.0 Å². The van der Waals surface area contributed by atoms with E-state index in [0.29, 0.717) is 38.1 Å². The molecular weight excluding hydrogens is 437 g/mol. The molecule has 0 aromatic heterocycles. The van der Waals surface area contributed by atoms with Crippen molar-refractivity contribution in [2.24, 2.45) is 0 Å². The third-order valence-electron chi connectivity index (χ3n) is 5.15. The number of carbonyl (C=O) groups is 2. The van der Waals surface area contributed by atoms with Gasteiger partial charge in [0.25, 0.3) is 15.9 Å². The summed E-state index contributed by atoms with van der Waals surface area (Å²) >= 11 is 0. The average Bonchev–Trinajstić information content (AvgIpc) is 3.27. The van der Waals surface area contributed by atoms with Gasteiger partial charge in [-0.2, -0.15) is 0 Å². The van der Waals surface area contributed by atoms with Crippen molar-refractivity contribution in [1.29, 1.82) is 0 Å². The number of ether oxygens (including phenoxy) is 1. The Hall–Kier alpha value is -2.98. The van der Waals surface area contributed by atoms with E-state index in [0.717, 1.165) is 18.6 Å². The number of amides is 2. The van der Waals surface area contributed by atoms with Crippen LogP contribution in [-0.4, -0.2) is 58.0 Å². The predicted octanol–water partition coefficient (Wildman–Crippen LogP) is 2.38. The molecule has 2 N–H and O–H groups in total. The summed E-state index contributed by atoms with van der Waals surface area (Å²) in [6, 6.07) is 9.92. The lowest BCUT2D eigenvalue weighted by Crippen LogP contribution is -2.46. The Balaban J connectivity index is 1.64. The van der Waals surface area contributed by atoms with E-state index in [1.165, 1.54) is 36.4 Å². The molecule has 1 atom stereocenters. The number of carbonyl (C=O) groups excluding carboxylic acids is 2. The number of nitrogens with zero attached hydrogens (tertiary/aromatic N) is 1. The van der Waals surface area contributed by atoms with E-state index in [9.17, 15) is 22.4 Å². The van der Waals surface area contributed by atoms with Crippen LogP contribution in [0.4, 0.5) is 10.1 Å². The summed E-state index contributed by atoms with van der Waals surface area (Å²) in [7, 11) is -2.29. The molecule has 10 heteroatoms. The molecule has 32 heavy (non-hydrogen) atoms. The van der Waals surface area contributed by atoms with Crippen LogP contribution < -0.4 is 10.0 Å². The van der Waals surface area contributed by atoms with E-state index in [4.69, 9.17) is 4.74 Å². The van der Waals surface area contributed by atoms with Crippen LogP contribution >= 0.6 is 0 Å². The second-order valence-corrected chi connectivity index (χ2v) is 9.11. The van der Waals surface area contributed by atoms with E-state index >= 15 is 0 Å². The summed E-state index contributed by atoms with van der Waals surface area (Å²) in [5, 5.41) is 2.84. The molecule has 0 radical (unpaired) electrons. The van der Waals surface area contributed by atoms with E-state index in [1.807, 2.05) is 0 Å². The quantitative estimate of drug-likeness (QED) is 0.556. The van der Waals surface area contributed by atoms with E-state index in [2.05, 4.69) is 10.0 Å². The fourth-order valence-corrected chi connectivity index (χ4v) is 4.56. The molecule has 1 saturated heterocycles. The van der Waals surface area contributed by atoms with Gasteiger partial charge in [-0.15, -0.1) is 0 Å². The molecule has 0 saturated carbocycles. The van der Waals surface area contributed by atoms with Crippen LogP contribution in [0.1, 0.15) is 29.6 Å². The SMILES string of the molecule is COCCCNC(=O)[C@@H]1CCCN1C(=O)c1ccc(NS(=O)(=O)c2ccc(F)cc2)cc1. The van der Waals surface area contributed by atoms with Crippen molar-refractivity contribution < 1.29 is 27.1 Å². The summed E-state index contributed by atoms with van der Waals surface area (Å²) in [5.41, 5.74) is 0.619. The smallest absolute Gasteiger partial charge is 0.261 e. The number of rotatable bonds is 9. The maximum atomic E-state index is 13.0. The summed E-state index contributed by atoms with van der Waals surface area (Å²) in [4.78, 5) is 26.9. The Morgan fingerprint density at radius 3 is 2.47 bits per heavy atom. The van der Waals surface area contributed by atoms with Crippen molar-refractivity contribution in [3.8, 4) is 0 Å². The highest BCUT2D eigenvalue weighted by atomic mass is 32.2. The molecule has 0 bridgehead atoms. The van der Waals surface area contributed by atoms with Gasteiger partial charge in [0.1, 0.15) is 11.9 Å². The number of hydrogen-bond donors (Lipinski definition) is 2. The molecule has 1 aliphatic heterocycles. The molecule has 1 aliphatic rings. The zero-order valence-electron chi connectivity index (χ0n) is 17.7. The summed E-state index contributed by atoms with van der Waals surface area (Å²) in [5.74, 6) is -1.00. The molecule has 2 aromatic carbocycles. The highest BCUT2D eigenvalue weighted by molar-refractivity contribution is 7.92. The molecule has 0 spiro atoms. The van der Waals surface area contributed by atoms with Crippen LogP contribution in [-0.2, 0) is 19.6 Å². The zero-order chi connectivity index (χ0) is 23.1. The summed E-state index contributed by atoms with van der Waals surface area (Å²) in [6.07, 6.45) is 2.02. The number of likely N-dealkylation sites (tertiary alicyclic amines) is 1. The molecule has 8 nitrogen and oxygen atoms in total. The summed E-state index contributed by atoms with van der Waals surface area (Å²) in [6.45, 7) is 1.51. The number of hydrogen-bond acceptors (Lipinski definition) is 5. The zero-order valence-corrected chi connectivity index (χ0v) is 18.5. The Kier molecular flexibility index (Phi) is 7.81. The van der Waals surface area contributed by atoms with Crippen molar-refractivity contribution in [3.05, 3.63) is 59.9 Å². The van der Waals surface area contributed by atoms with E-state index < -0.39 is 21.9 Å². The second kappa shape index (κ2) is 10.6. The predicted molar refractivity (Wildman–Crippen MR) is 117 cm³/mol. The molecule has 0 unspecified atom stereocenters. The van der Waals surface area contributed by atoms with Gasteiger partial charge in [-0.25, -0.2) is 12.8 Å². The summed E-state index contributed by atoms with van der Waals surface area (Å²) < 4.78 is 45.3. The third kappa shape index (κ3) is 5.83. The molecule has 3 rings (SSSR count). The first-order valence-corrected chi connectivity index (χ1v) is 11.8. The first-order valence-electron chi connectivity index (χ1n) is 10.3. The maximum absolute atomic E-state index is 13.0. The van der Waals surface area contributed by atoms with Gasteiger partial charge in [0, 0.05) is 38.1 Å². The van der Waals surface area contributed by atoms with Crippen molar-refractivity contribution in [2.75, 3.05) is 31.5 Å². The van der Waals surface area contributed by atoms with E-state index in [1.54, 1.807) is 12.0 Å². The first kappa shape index (κ1) is 23.7. The Morgan fingerprint density at radius 2 is 1.81 bits per heavy atom. The highest BCUT2D eigenvalue weighted by Crippen LogP contribution is 2.22. The Labute approximate surface area is 186 Å². The van der Waals surface area contributed by atoms with Crippen LogP contribution in [0, 0.1) is 5.82 Å². The third-order valence-corrected chi connectivity index (χ3v) is 6.55. The molecule has 0 aliphatic carbocycles. The minimum atomic E-state index is -3.89. The lowest BCUT2D eigenvalue weighted by atomic mass is 10.1. The highest BCUT2D eigenvalue weighted by Gasteiger charge is 2.34. The van der Waals surface area contributed by atoms with Gasteiger partial charge in [0.2, 0.25) is 5.91 Å². The Bertz CT molecular complexity index is 1040. The van der Waals surface area contributed by atoms with Gasteiger partial charge in [0.15, 0.2) is 0 Å². The number of nitrogens with one attached hydrogen (secondary N) is 2. The fraction of sp³-hybridized carbons (Fsp3) is 0.364. The van der Waals surface area contributed by atoms with Crippen molar-refractivity contribution in [3.63, 3.8) is 0 Å². The average molecular weight is 464 g/mol. The largest absolute Gasteiger partial charge is 0.385 e. The van der Waals surface area contributed by atoms with Crippen LogP contribution in [0.2, 0.25) is 0 Å². The molecule has 2 aromatic rings. The minimum absolute atomic E-state index is 0.0736. The van der Waals surface area contributed by atoms with Gasteiger partial charge in [-0.3, -0.25) is 14.3 Å². The molecule has 2 amide bonds. The second-order valence-electron chi connectivity index (χ2n) is 7.43. The van der Waals surface area contributed by atoms with Crippen molar-refractivity contribution >= 4 is 27.5 Å². The van der Waals surface area contributed by atoms with Crippen LogP contribution in [0.3, 0.4) is 0 Å². The monoisotopic (exact) mass is 463 g/mol. The van der Waals surface area contributed by atoms with Crippen molar-refractivity contribution in [1.82, 2.24) is 10.2 Å². The van der Waals surface area contributed by atoms with Crippen molar-refractivity contribution in [2.45, 2.75) is 30.2 Å². The first-order chi connectivity index (χ1) is 15.3. The number of halogens is 1. The van der Waals surface area contributed by atoms with E-state index in [-0.39, 0.29) is 22.4 Å². The lowest BCUT2D eigenvalue weighted by Gasteiger charge is -2.24. The Morgan fingerprint density at radius 1 is 1.12 bits per heavy atom. The van der Waals surface area contributed by atoms with Crippen LogP contribution in [0.5, 0.6) is 0 Å². The number of sulfonamides is 1. The number of benzene rings is 2. The number of methoxy groups -OCH3 is 1. The van der Waals surface area contributed by atoms with Gasteiger partial charge >= 0.3 is 0 Å². The molecule has 1 fully saturated rings. The standard InChI is InChI=1S/C22H26FN3O5S/c1-31-15-3-13-24-21(27)20-4-2-14-26(20)22(28)16-5-9-18(10-6-16)25-32(29,30)19-11-7-17(23)8-12-19/h5-12,20,25H,2-4,13-15H2,1H3,(H,24,27)/t20-/m0/s1. The van der Waals surface area contributed by atoms with Crippen LogP contribution in [0.25, 0.3) is 0 Å². The van der Waals surface area contributed by atoms with Gasteiger partial charge in [-0.1, -0.05) is 0 Å². The fourth-order valence-electron chi connectivity index (χ4n) is 3.50. The maximum Gasteiger partial charge on any atom is 0.261 e.